The molecule has 4 rings (SSSR count). The molecule has 1 saturated heterocycles. The minimum atomic E-state index is -0.546. The third-order valence-electron chi connectivity index (χ3n) is 6.25. The maximum atomic E-state index is 13.0. The summed E-state index contributed by atoms with van der Waals surface area (Å²) in [5.41, 5.74) is 2.55. The minimum Gasteiger partial charge on any atom is -0.392 e. The normalized spacial score (nSPS) is 22.5. The van der Waals surface area contributed by atoms with E-state index < -0.39 is 17.9 Å². The predicted molar refractivity (Wildman–Crippen MR) is 112 cm³/mol. The molecule has 0 aromatic heterocycles. The summed E-state index contributed by atoms with van der Waals surface area (Å²) in [7, 11) is 0. The number of carbonyl (C=O) groups excluding carboxylic acids is 2. The lowest BCUT2D eigenvalue weighted by atomic mass is 9.81. The van der Waals surface area contributed by atoms with Crippen LogP contribution in [0.2, 0.25) is 0 Å². The molecule has 0 saturated carbocycles. The van der Waals surface area contributed by atoms with Crippen molar-refractivity contribution in [2.45, 2.75) is 37.8 Å². The lowest BCUT2D eigenvalue weighted by Crippen LogP contribution is -2.40. The van der Waals surface area contributed by atoms with E-state index in [-0.39, 0.29) is 18.3 Å². The number of amides is 1. The molecule has 2 aliphatic rings. The number of hydroxylamine groups is 2. The number of benzene rings is 2. The molecule has 1 amide bonds. The van der Waals surface area contributed by atoms with Crippen LogP contribution < -0.4 is 0 Å². The highest BCUT2D eigenvalue weighted by atomic mass is 16.5. The topological polar surface area (TPSA) is 81.1 Å². The predicted octanol–water partition coefficient (Wildman–Crippen LogP) is 2.85. The van der Waals surface area contributed by atoms with Crippen LogP contribution in [0.5, 0.6) is 0 Å². The van der Waals surface area contributed by atoms with Crippen molar-refractivity contribution >= 4 is 11.7 Å². The van der Waals surface area contributed by atoms with E-state index in [1.807, 2.05) is 54.6 Å². The maximum absolute atomic E-state index is 13.0. The summed E-state index contributed by atoms with van der Waals surface area (Å²) in [4.78, 5) is 27.9. The van der Waals surface area contributed by atoms with Crippen LogP contribution in [0.15, 0.2) is 54.6 Å². The van der Waals surface area contributed by atoms with Gasteiger partial charge in [0.15, 0.2) is 5.78 Å². The molecule has 1 fully saturated rings. The zero-order valence-electron chi connectivity index (χ0n) is 17.0. The number of aryl methyl sites for hydroxylation is 1. The lowest BCUT2D eigenvalue weighted by Gasteiger charge is -2.31. The number of ketones is 1. The van der Waals surface area contributed by atoms with Crippen LogP contribution in [0.1, 0.15) is 46.8 Å². The highest BCUT2D eigenvalue weighted by molar-refractivity contribution is 6.01. The number of likely N-dealkylation sites (tertiary alicyclic amines) is 1. The van der Waals surface area contributed by atoms with E-state index in [0.717, 1.165) is 29.2 Å². The van der Waals surface area contributed by atoms with E-state index >= 15 is 0 Å². The summed E-state index contributed by atoms with van der Waals surface area (Å²) in [6.07, 6.45) is 1.69. The van der Waals surface area contributed by atoms with Crippen LogP contribution in [-0.4, -0.2) is 57.7 Å². The largest absolute Gasteiger partial charge is 0.392 e. The van der Waals surface area contributed by atoms with Gasteiger partial charge in [0.25, 0.3) is 0 Å². The van der Waals surface area contributed by atoms with Crippen LogP contribution in [0.25, 0.3) is 0 Å². The fourth-order valence-electron chi connectivity index (χ4n) is 4.55. The average molecular weight is 408 g/mol. The highest BCUT2D eigenvalue weighted by Crippen LogP contribution is 2.30. The van der Waals surface area contributed by atoms with E-state index in [1.54, 1.807) is 0 Å². The van der Waals surface area contributed by atoms with Crippen molar-refractivity contribution < 1.29 is 19.9 Å². The molecule has 30 heavy (non-hydrogen) atoms. The van der Waals surface area contributed by atoms with E-state index in [0.29, 0.717) is 31.5 Å². The Hall–Kier alpha value is -2.54. The van der Waals surface area contributed by atoms with Gasteiger partial charge in [-0.15, -0.1) is 0 Å². The van der Waals surface area contributed by atoms with Gasteiger partial charge in [-0.2, -0.15) is 0 Å². The van der Waals surface area contributed by atoms with Gasteiger partial charge >= 0.3 is 0 Å². The third-order valence-corrected chi connectivity index (χ3v) is 6.25. The molecular formula is C24H28N2O4. The van der Waals surface area contributed by atoms with Crippen molar-refractivity contribution in [2.75, 3.05) is 19.6 Å². The fourth-order valence-corrected chi connectivity index (χ4v) is 4.55. The number of nitrogens with zero attached hydrogens (tertiary/aromatic N) is 2. The number of aliphatic hydroxyl groups is 1. The number of aliphatic hydroxyl groups excluding tert-OH is 1. The smallest absolute Gasteiger partial charge is 0.247 e. The number of carbonyl (C=O) groups is 2. The number of hydrogen-bond acceptors (Lipinski definition) is 5. The molecular weight excluding hydrogens is 380 g/mol. The van der Waals surface area contributed by atoms with Crippen molar-refractivity contribution in [3.05, 3.63) is 71.3 Å². The average Bonchev–Trinajstić information content (AvgIpc) is 3.19. The monoisotopic (exact) mass is 408 g/mol. The van der Waals surface area contributed by atoms with Gasteiger partial charge in [-0.3, -0.25) is 19.7 Å². The number of Topliss-reactive ketones (excluding diaryl/α,β-unsaturated/α-hetero) is 1. The summed E-state index contributed by atoms with van der Waals surface area (Å²) in [5.74, 6) is -0.870. The zero-order valence-corrected chi connectivity index (χ0v) is 17.0. The Morgan fingerprint density at radius 1 is 1.10 bits per heavy atom. The van der Waals surface area contributed by atoms with Crippen LogP contribution in [-0.2, 0) is 11.2 Å². The molecule has 158 valence electrons. The molecule has 0 bridgehead atoms. The highest BCUT2D eigenvalue weighted by Gasteiger charge is 2.34. The van der Waals surface area contributed by atoms with Gasteiger partial charge in [0.1, 0.15) is 0 Å². The molecule has 1 heterocycles. The Morgan fingerprint density at radius 2 is 1.83 bits per heavy atom. The zero-order chi connectivity index (χ0) is 21.1. The molecule has 2 N–H and O–H groups in total. The quantitative estimate of drug-likeness (QED) is 0.568. The summed E-state index contributed by atoms with van der Waals surface area (Å²) in [6, 6.07) is 16.4. The second kappa shape index (κ2) is 9.08. The number of rotatable bonds is 6. The van der Waals surface area contributed by atoms with Crippen molar-refractivity contribution in [2.24, 2.45) is 5.92 Å². The summed E-state index contributed by atoms with van der Waals surface area (Å²) >= 11 is 0. The fraction of sp³-hybridized carbons (Fsp3) is 0.417. The van der Waals surface area contributed by atoms with E-state index in [9.17, 15) is 19.9 Å². The Morgan fingerprint density at radius 3 is 2.57 bits per heavy atom. The Labute approximate surface area is 176 Å². The minimum absolute atomic E-state index is 0.00434. The molecule has 1 aliphatic carbocycles. The Bertz CT molecular complexity index is 901. The summed E-state index contributed by atoms with van der Waals surface area (Å²) in [5, 5.41) is 21.5. The summed E-state index contributed by atoms with van der Waals surface area (Å²) in [6.45, 7) is 1.69. The molecule has 2 aromatic carbocycles. The van der Waals surface area contributed by atoms with E-state index in [2.05, 4.69) is 4.90 Å². The van der Waals surface area contributed by atoms with E-state index in [1.165, 1.54) is 0 Å². The third kappa shape index (κ3) is 4.46. The first-order chi connectivity index (χ1) is 14.5. The van der Waals surface area contributed by atoms with Crippen molar-refractivity contribution in [3.8, 4) is 0 Å². The molecule has 1 unspecified atom stereocenters. The Kier molecular flexibility index (Phi) is 6.27. The first kappa shape index (κ1) is 20.7. The standard InChI is InChI=1S/C24H28N2O4/c27-20-12-13-25(15-20)16-22(18-7-2-1-3-8-18)26(30)23(28)14-19-11-10-17-6-4-5-9-21(17)24(19)29/h1-9,19-20,22,27,30H,10-16H2/t19?,20-,22+/m0/s1. The second-order valence-electron chi connectivity index (χ2n) is 8.33. The van der Waals surface area contributed by atoms with Gasteiger partial charge < -0.3 is 5.11 Å². The van der Waals surface area contributed by atoms with E-state index in [4.69, 9.17) is 0 Å². The van der Waals surface area contributed by atoms with Gasteiger partial charge in [-0.05, 0) is 30.4 Å². The van der Waals surface area contributed by atoms with Crippen LogP contribution in [0, 0.1) is 5.92 Å². The first-order valence-electron chi connectivity index (χ1n) is 10.6. The van der Waals surface area contributed by atoms with Crippen molar-refractivity contribution in [3.63, 3.8) is 0 Å². The molecule has 0 spiro atoms. The number of β-amino-alcohol motifs (C(OH)–C–C–N with tert-alkyl or cyclic N) is 1. The number of hydrogen-bond donors (Lipinski definition) is 2. The first-order valence-corrected chi connectivity index (χ1v) is 10.6. The molecule has 6 heteroatoms. The van der Waals surface area contributed by atoms with Gasteiger partial charge in [0.05, 0.1) is 12.1 Å². The van der Waals surface area contributed by atoms with Gasteiger partial charge in [-0.1, -0.05) is 54.6 Å². The van der Waals surface area contributed by atoms with Gasteiger partial charge in [-0.25, -0.2) is 5.06 Å². The Balaban J connectivity index is 1.48. The second-order valence-corrected chi connectivity index (χ2v) is 8.33. The number of fused-ring (bicyclic) bond motifs is 1. The van der Waals surface area contributed by atoms with Crippen molar-refractivity contribution in [1.29, 1.82) is 0 Å². The molecule has 2 aromatic rings. The molecule has 0 radical (unpaired) electrons. The van der Waals surface area contributed by atoms with Crippen molar-refractivity contribution in [1.82, 2.24) is 9.96 Å². The molecule has 3 atom stereocenters. The SMILES string of the molecule is O=C1c2ccccc2CCC1CC(=O)N(O)[C@H](CN1CC[C@H](O)C1)c1ccccc1. The van der Waals surface area contributed by atoms with Gasteiger partial charge in [0, 0.05) is 37.5 Å². The van der Waals surface area contributed by atoms with Crippen LogP contribution >= 0.6 is 0 Å². The van der Waals surface area contributed by atoms with Crippen LogP contribution in [0.3, 0.4) is 0 Å². The maximum Gasteiger partial charge on any atom is 0.247 e. The molecule has 1 aliphatic heterocycles. The summed E-state index contributed by atoms with van der Waals surface area (Å²) < 4.78 is 0. The van der Waals surface area contributed by atoms with Gasteiger partial charge in [0.2, 0.25) is 5.91 Å². The molecule has 6 nitrogen and oxygen atoms in total. The lowest BCUT2D eigenvalue weighted by molar-refractivity contribution is -0.179. The van der Waals surface area contributed by atoms with Crippen LogP contribution in [0.4, 0.5) is 0 Å².